The lowest BCUT2D eigenvalue weighted by Gasteiger charge is -2.29. The molecular weight excluding hydrogens is 595 g/mol. The highest BCUT2D eigenvalue weighted by molar-refractivity contribution is 6.34. The van der Waals surface area contributed by atoms with E-state index in [4.69, 9.17) is 16.3 Å². The predicted molar refractivity (Wildman–Crippen MR) is 162 cm³/mol. The second kappa shape index (κ2) is 12.4. The number of amides is 3. The summed E-state index contributed by atoms with van der Waals surface area (Å²) in [5.74, 6) is -0.788. The van der Waals surface area contributed by atoms with Crippen molar-refractivity contribution in [3.8, 4) is 16.9 Å². The van der Waals surface area contributed by atoms with Gasteiger partial charge in [-0.25, -0.2) is 0 Å². The molecule has 1 aliphatic rings. The monoisotopic (exact) mass is 621 g/mol. The van der Waals surface area contributed by atoms with Gasteiger partial charge < -0.3 is 15.4 Å². The van der Waals surface area contributed by atoms with Crippen LogP contribution in [0.1, 0.15) is 45.7 Å². The molecule has 0 radical (unpaired) electrons. The van der Waals surface area contributed by atoms with Crippen LogP contribution in [0.4, 0.5) is 24.5 Å². The van der Waals surface area contributed by atoms with Crippen molar-refractivity contribution >= 4 is 40.7 Å². The van der Waals surface area contributed by atoms with E-state index in [1.165, 1.54) is 23.1 Å². The summed E-state index contributed by atoms with van der Waals surface area (Å²) in [5.41, 5.74) is 2.56. The molecule has 0 bridgehead atoms. The molecule has 5 rings (SSSR count). The number of benzene rings is 4. The van der Waals surface area contributed by atoms with Gasteiger partial charge in [0.1, 0.15) is 5.75 Å². The quantitative estimate of drug-likeness (QED) is 0.223. The highest BCUT2D eigenvalue weighted by Crippen LogP contribution is 2.34. The fourth-order valence-corrected chi connectivity index (χ4v) is 4.77. The van der Waals surface area contributed by atoms with Crippen molar-refractivity contribution in [1.82, 2.24) is 5.32 Å². The highest BCUT2D eigenvalue weighted by atomic mass is 35.5. The fourth-order valence-electron chi connectivity index (χ4n) is 4.56. The molecular formula is C33H27ClF3N3O4. The molecule has 44 heavy (non-hydrogen) atoms. The first kappa shape index (κ1) is 30.6. The lowest BCUT2D eigenvalue weighted by Crippen LogP contribution is -2.38. The fraction of sp³-hybridized carbons (Fsp3) is 0.182. The number of ether oxygens (including phenoxy) is 1. The maximum absolute atomic E-state index is 13.5. The predicted octanol–water partition coefficient (Wildman–Crippen LogP) is 7.55. The SMILES string of the molecule is CC(C)C(=O)NCc1ccc(Cl)c(C(=O)Nc2ccc3c(c2)C(=O)N(c2ccc(-c4ccc(C(F)(F)F)cc4)cc2)CO3)c1. The van der Waals surface area contributed by atoms with E-state index < -0.39 is 17.6 Å². The zero-order valence-corrected chi connectivity index (χ0v) is 24.4. The summed E-state index contributed by atoms with van der Waals surface area (Å²) in [7, 11) is 0. The number of halogens is 4. The molecule has 4 aromatic rings. The molecule has 11 heteroatoms. The zero-order valence-electron chi connectivity index (χ0n) is 23.7. The van der Waals surface area contributed by atoms with E-state index >= 15 is 0 Å². The third-order valence-electron chi connectivity index (χ3n) is 7.05. The molecule has 0 atom stereocenters. The minimum atomic E-state index is -4.42. The summed E-state index contributed by atoms with van der Waals surface area (Å²) < 4.78 is 44.5. The van der Waals surface area contributed by atoms with E-state index in [1.54, 1.807) is 68.4 Å². The summed E-state index contributed by atoms with van der Waals surface area (Å²) >= 11 is 6.30. The molecule has 2 N–H and O–H groups in total. The van der Waals surface area contributed by atoms with Crippen molar-refractivity contribution in [3.05, 3.63) is 112 Å². The van der Waals surface area contributed by atoms with Crippen LogP contribution in [0.5, 0.6) is 5.75 Å². The summed E-state index contributed by atoms with van der Waals surface area (Å²) in [6.07, 6.45) is -4.42. The van der Waals surface area contributed by atoms with Gasteiger partial charge in [0.25, 0.3) is 11.8 Å². The Labute approximate surface area is 256 Å². The largest absolute Gasteiger partial charge is 0.472 e. The number of nitrogens with one attached hydrogen (secondary N) is 2. The van der Waals surface area contributed by atoms with E-state index in [2.05, 4.69) is 10.6 Å². The van der Waals surface area contributed by atoms with Crippen molar-refractivity contribution in [2.24, 2.45) is 5.92 Å². The first-order chi connectivity index (χ1) is 20.9. The Hall–Kier alpha value is -4.83. The van der Waals surface area contributed by atoms with E-state index in [1.807, 2.05) is 0 Å². The minimum Gasteiger partial charge on any atom is -0.472 e. The van der Waals surface area contributed by atoms with Crippen LogP contribution < -0.4 is 20.3 Å². The van der Waals surface area contributed by atoms with Gasteiger partial charge in [-0.2, -0.15) is 13.2 Å². The minimum absolute atomic E-state index is 0.0487. The van der Waals surface area contributed by atoms with E-state index in [-0.39, 0.29) is 47.2 Å². The second-order valence-electron chi connectivity index (χ2n) is 10.5. The Kier molecular flexibility index (Phi) is 8.64. The lowest BCUT2D eigenvalue weighted by molar-refractivity contribution is -0.137. The molecule has 1 heterocycles. The van der Waals surface area contributed by atoms with Gasteiger partial charge >= 0.3 is 6.18 Å². The molecule has 3 amide bonds. The summed E-state index contributed by atoms with van der Waals surface area (Å²) in [5, 5.41) is 5.79. The molecule has 226 valence electrons. The molecule has 0 spiro atoms. The third-order valence-corrected chi connectivity index (χ3v) is 7.38. The van der Waals surface area contributed by atoms with Crippen LogP contribution in [-0.2, 0) is 17.5 Å². The zero-order chi connectivity index (χ0) is 31.6. The Bertz CT molecular complexity index is 1720. The summed E-state index contributed by atoms with van der Waals surface area (Å²) in [6, 6.07) is 21.2. The van der Waals surface area contributed by atoms with Gasteiger partial charge in [-0.15, -0.1) is 0 Å². The van der Waals surface area contributed by atoms with Crippen molar-refractivity contribution in [2.75, 3.05) is 16.9 Å². The molecule has 0 aliphatic carbocycles. The van der Waals surface area contributed by atoms with Gasteiger partial charge in [0.2, 0.25) is 5.91 Å². The number of carbonyl (C=O) groups excluding carboxylic acids is 3. The van der Waals surface area contributed by atoms with Gasteiger partial charge in [-0.05, 0) is 71.3 Å². The number of nitrogens with zero attached hydrogens (tertiary/aromatic N) is 1. The van der Waals surface area contributed by atoms with E-state index in [9.17, 15) is 27.6 Å². The van der Waals surface area contributed by atoms with Crippen LogP contribution >= 0.6 is 11.6 Å². The smallest absolute Gasteiger partial charge is 0.416 e. The van der Waals surface area contributed by atoms with Crippen molar-refractivity contribution < 1.29 is 32.3 Å². The molecule has 1 aliphatic heterocycles. The maximum atomic E-state index is 13.5. The van der Waals surface area contributed by atoms with E-state index in [0.29, 0.717) is 33.8 Å². The van der Waals surface area contributed by atoms with Gasteiger partial charge in [0, 0.05) is 23.8 Å². The number of anilines is 2. The van der Waals surface area contributed by atoms with Gasteiger partial charge in [-0.1, -0.05) is 55.8 Å². The number of hydrogen-bond acceptors (Lipinski definition) is 4. The maximum Gasteiger partial charge on any atom is 0.416 e. The Balaban J connectivity index is 1.29. The first-order valence-corrected chi connectivity index (χ1v) is 14.0. The summed E-state index contributed by atoms with van der Waals surface area (Å²) in [4.78, 5) is 39.9. The molecule has 0 unspecified atom stereocenters. The number of alkyl halides is 3. The average molecular weight is 622 g/mol. The molecule has 0 saturated heterocycles. The van der Waals surface area contributed by atoms with Crippen LogP contribution in [-0.4, -0.2) is 24.5 Å². The average Bonchev–Trinajstić information content (AvgIpc) is 3.00. The van der Waals surface area contributed by atoms with Gasteiger partial charge in [0.05, 0.1) is 21.7 Å². The molecule has 0 aromatic heterocycles. The van der Waals surface area contributed by atoms with Crippen molar-refractivity contribution in [1.29, 1.82) is 0 Å². The van der Waals surface area contributed by atoms with Crippen LogP contribution in [0.3, 0.4) is 0 Å². The summed E-state index contributed by atoms with van der Waals surface area (Å²) in [6.45, 7) is 3.76. The number of hydrogen-bond donors (Lipinski definition) is 2. The normalized spacial score (nSPS) is 12.9. The lowest BCUT2D eigenvalue weighted by atomic mass is 10.0. The third kappa shape index (κ3) is 6.70. The molecule has 7 nitrogen and oxygen atoms in total. The van der Waals surface area contributed by atoms with Gasteiger partial charge in [-0.3, -0.25) is 19.3 Å². The Morgan fingerprint density at radius 3 is 2.23 bits per heavy atom. The molecule has 0 saturated carbocycles. The Morgan fingerprint density at radius 1 is 0.932 bits per heavy atom. The van der Waals surface area contributed by atoms with Crippen LogP contribution in [0.15, 0.2) is 84.9 Å². The van der Waals surface area contributed by atoms with Gasteiger partial charge in [0.15, 0.2) is 6.73 Å². The topological polar surface area (TPSA) is 87.7 Å². The number of rotatable bonds is 7. The van der Waals surface area contributed by atoms with Crippen LogP contribution in [0.2, 0.25) is 5.02 Å². The molecule has 4 aromatic carbocycles. The van der Waals surface area contributed by atoms with Crippen molar-refractivity contribution in [3.63, 3.8) is 0 Å². The standard InChI is InChI=1S/C33H27ClF3N3O4/c1-19(2)30(41)38-17-20-3-13-28(34)26(15-20)31(42)39-24-10-14-29-27(16-24)32(43)40(18-44-29)25-11-6-22(7-12-25)21-4-8-23(9-5-21)33(35,36)37/h3-16,19H,17-18H2,1-2H3,(H,38,41)(H,39,42). The van der Waals surface area contributed by atoms with Crippen LogP contribution in [0, 0.1) is 5.92 Å². The van der Waals surface area contributed by atoms with Crippen molar-refractivity contribution in [2.45, 2.75) is 26.6 Å². The first-order valence-electron chi connectivity index (χ1n) is 13.6. The number of carbonyl (C=O) groups is 3. The molecule has 0 fully saturated rings. The highest BCUT2D eigenvalue weighted by Gasteiger charge is 2.30. The van der Waals surface area contributed by atoms with Crippen LogP contribution in [0.25, 0.3) is 11.1 Å². The Morgan fingerprint density at radius 2 is 1.59 bits per heavy atom. The number of fused-ring (bicyclic) bond motifs is 1. The second-order valence-corrected chi connectivity index (χ2v) is 10.9. The van der Waals surface area contributed by atoms with E-state index in [0.717, 1.165) is 12.1 Å².